The van der Waals surface area contributed by atoms with Gasteiger partial charge < -0.3 is 5.32 Å². The zero-order chi connectivity index (χ0) is 24.7. The Morgan fingerprint density at radius 1 is 1.00 bits per heavy atom. The van der Waals surface area contributed by atoms with Crippen LogP contribution in [0.15, 0.2) is 53.4 Å². The molecule has 2 aromatic rings. The Labute approximate surface area is 197 Å². The molecule has 11 nitrogen and oxygen atoms in total. The van der Waals surface area contributed by atoms with Gasteiger partial charge in [0.25, 0.3) is 11.6 Å². The first kappa shape index (κ1) is 23.8. The zero-order valence-electron chi connectivity index (χ0n) is 18.8. The van der Waals surface area contributed by atoms with E-state index in [2.05, 4.69) is 5.32 Å². The maximum absolute atomic E-state index is 13.1. The second-order valence-electron chi connectivity index (χ2n) is 8.57. The van der Waals surface area contributed by atoms with E-state index in [0.29, 0.717) is 18.7 Å². The van der Waals surface area contributed by atoms with E-state index in [1.807, 2.05) is 36.1 Å². The van der Waals surface area contributed by atoms with Crippen LogP contribution in [-0.4, -0.2) is 72.2 Å². The molecule has 2 fully saturated rings. The van der Waals surface area contributed by atoms with Crippen LogP contribution in [-0.2, 0) is 20.4 Å². The Hall–Kier alpha value is -3.35. The summed E-state index contributed by atoms with van der Waals surface area (Å²) in [6, 6.07) is 11.7. The second-order valence-corrected chi connectivity index (χ2v) is 10.5. The van der Waals surface area contributed by atoms with Gasteiger partial charge in [0.2, 0.25) is 10.0 Å². The van der Waals surface area contributed by atoms with Crippen LogP contribution in [0.4, 0.5) is 10.5 Å². The lowest BCUT2D eigenvalue weighted by Gasteiger charge is -2.35. The highest BCUT2D eigenvalue weighted by Crippen LogP contribution is 2.29. The van der Waals surface area contributed by atoms with Gasteiger partial charge in [0.15, 0.2) is 0 Å². The number of nitrogens with one attached hydrogen (secondary N) is 1. The Morgan fingerprint density at radius 3 is 2.15 bits per heavy atom. The predicted molar refractivity (Wildman–Crippen MR) is 122 cm³/mol. The summed E-state index contributed by atoms with van der Waals surface area (Å²) < 4.78 is 27.1. The van der Waals surface area contributed by atoms with Gasteiger partial charge in [-0.2, -0.15) is 4.31 Å². The molecule has 2 saturated heterocycles. The molecule has 34 heavy (non-hydrogen) atoms. The number of carbonyl (C=O) groups excluding carboxylic acids is 2. The van der Waals surface area contributed by atoms with E-state index < -0.39 is 26.5 Å². The topological polar surface area (TPSA) is 133 Å². The first-order valence-corrected chi connectivity index (χ1v) is 12.1. The number of rotatable bonds is 6. The average Bonchev–Trinajstić information content (AvgIpc) is 3.03. The van der Waals surface area contributed by atoms with Crippen LogP contribution in [0, 0.1) is 17.0 Å². The number of amides is 3. The molecule has 2 heterocycles. The fraction of sp³-hybridized carbons (Fsp3) is 0.364. The molecule has 2 aliphatic rings. The Morgan fingerprint density at radius 2 is 1.59 bits per heavy atom. The van der Waals surface area contributed by atoms with Crippen molar-refractivity contribution in [3.63, 3.8) is 0 Å². The van der Waals surface area contributed by atoms with Gasteiger partial charge in [0.1, 0.15) is 5.54 Å². The fourth-order valence-corrected chi connectivity index (χ4v) is 5.53. The van der Waals surface area contributed by atoms with E-state index in [9.17, 15) is 28.1 Å². The van der Waals surface area contributed by atoms with Crippen molar-refractivity contribution in [3.8, 4) is 0 Å². The number of carbonyl (C=O) groups is 2. The largest absolute Gasteiger partial charge is 0.326 e. The fourth-order valence-electron chi connectivity index (χ4n) is 4.11. The standard InChI is InChI=1S/C22H25N5O6S/c1-16-3-5-17(6-4-16)22(2)20(28)26(21(29)23-22)15-24-11-13-25(14-12-24)34(32,33)19-9-7-18(8-10-19)27(30)31/h3-10H,11-15H2,1-2H3,(H,23,29)/t22-/m0/s1. The highest BCUT2D eigenvalue weighted by Gasteiger charge is 2.49. The van der Waals surface area contributed by atoms with Crippen LogP contribution in [0.25, 0.3) is 0 Å². The van der Waals surface area contributed by atoms with Crippen LogP contribution in [0.2, 0.25) is 0 Å². The van der Waals surface area contributed by atoms with Crippen LogP contribution < -0.4 is 5.32 Å². The number of nitro benzene ring substituents is 1. The summed E-state index contributed by atoms with van der Waals surface area (Å²) in [6.07, 6.45) is 0. The predicted octanol–water partition coefficient (Wildman–Crippen LogP) is 1.63. The molecular weight excluding hydrogens is 462 g/mol. The van der Waals surface area contributed by atoms with Crippen LogP contribution in [0.5, 0.6) is 0 Å². The van der Waals surface area contributed by atoms with E-state index in [4.69, 9.17) is 0 Å². The van der Waals surface area contributed by atoms with Gasteiger partial charge in [-0.1, -0.05) is 29.8 Å². The summed E-state index contributed by atoms with van der Waals surface area (Å²) in [5.41, 5.74) is 0.390. The molecule has 0 spiro atoms. The molecule has 12 heteroatoms. The molecule has 4 rings (SSSR count). The molecule has 2 aliphatic heterocycles. The molecule has 0 saturated carbocycles. The minimum absolute atomic E-state index is 0.0190. The van der Waals surface area contributed by atoms with Crippen molar-refractivity contribution in [1.29, 1.82) is 0 Å². The number of non-ortho nitro benzene ring substituents is 1. The maximum Gasteiger partial charge on any atom is 0.326 e. The summed E-state index contributed by atoms with van der Waals surface area (Å²) in [5.74, 6) is -0.359. The van der Waals surface area contributed by atoms with Crippen molar-refractivity contribution >= 4 is 27.6 Å². The average molecular weight is 488 g/mol. The quantitative estimate of drug-likeness (QED) is 0.372. The SMILES string of the molecule is Cc1ccc([C@]2(C)NC(=O)N(CN3CCN(S(=O)(=O)c4ccc([N+](=O)[O-])cc4)CC3)C2=O)cc1. The molecule has 180 valence electrons. The molecule has 2 aromatic carbocycles. The lowest BCUT2D eigenvalue weighted by Crippen LogP contribution is -2.52. The van der Waals surface area contributed by atoms with Crippen molar-refractivity contribution in [2.75, 3.05) is 32.8 Å². The number of piperazine rings is 1. The van der Waals surface area contributed by atoms with Gasteiger partial charge in [-0.05, 0) is 31.5 Å². The maximum atomic E-state index is 13.1. The van der Waals surface area contributed by atoms with Gasteiger partial charge in [-0.15, -0.1) is 0 Å². The minimum Gasteiger partial charge on any atom is -0.319 e. The molecule has 0 radical (unpaired) electrons. The summed E-state index contributed by atoms with van der Waals surface area (Å²) in [6.45, 7) is 4.64. The molecule has 0 unspecified atom stereocenters. The summed E-state index contributed by atoms with van der Waals surface area (Å²) >= 11 is 0. The number of benzene rings is 2. The third-order valence-electron chi connectivity index (χ3n) is 6.26. The number of sulfonamides is 1. The first-order valence-electron chi connectivity index (χ1n) is 10.7. The lowest BCUT2D eigenvalue weighted by atomic mass is 9.91. The summed E-state index contributed by atoms with van der Waals surface area (Å²) in [7, 11) is -3.81. The second kappa shape index (κ2) is 8.78. The number of hydrogen-bond acceptors (Lipinski definition) is 7. The molecule has 1 N–H and O–H groups in total. The van der Waals surface area contributed by atoms with Crippen molar-refractivity contribution in [1.82, 2.24) is 19.4 Å². The number of nitrogens with zero attached hydrogens (tertiary/aromatic N) is 4. The van der Waals surface area contributed by atoms with Gasteiger partial charge in [-0.3, -0.25) is 19.8 Å². The zero-order valence-corrected chi connectivity index (χ0v) is 19.6. The minimum atomic E-state index is -3.81. The van der Waals surface area contributed by atoms with E-state index in [1.54, 1.807) is 6.92 Å². The highest BCUT2D eigenvalue weighted by atomic mass is 32.2. The van der Waals surface area contributed by atoms with Gasteiger partial charge in [0.05, 0.1) is 16.5 Å². The van der Waals surface area contributed by atoms with Crippen molar-refractivity contribution in [3.05, 3.63) is 69.8 Å². The van der Waals surface area contributed by atoms with E-state index in [-0.39, 0.29) is 36.2 Å². The van der Waals surface area contributed by atoms with Gasteiger partial charge in [0, 0.05) is 38.3 Å². The number of hydrogen-bond donors (Lipinski definition) is 1. The summed E-state index contributed by atoms with van der Waals surface area (Å²) in [5, 5.41) is 13.6. The van der Waals surface area contributed by atoms with Gasteiger partial charge in [-0.25, -0.2) is 18.1 Å². The Kier molecular flexibility index (Phi) is 6.14. The normalized spacial score (nSPS) is 22.1. The molecule has 0 aromatic heterocycles. The molecule has 3 amide bonds. The third-order valence-corrected chi connectivity index (χ3v) is 8.17. The van der Waals surface area contributed by atoms with Crippen LogP contribution in [0.3, 0.4) is 0 Å². The third kappa shape index (κ3) is 4.27. The van der Waals surface area contributed by atoms with Crippen molar-refractivity contribution in [2.45, 2.75) is 24.3 Å². The molecular formula is C22H25N5O6S. The summed E-state index contributed by atoms with van der Waals surface area (Å²) in [4.78, 5) is 39.0. The first-order chi connectivity index (χ1) is 16.0. The number of urea groups is 1. The van der Waals surface area contributed by atoms with E-state index in [1.165, 1.54) is 16.4 Å². The number of imide groups is 1. The Balaban J connectivity index is 1.40. The monoisotopic (exact) mass is 487 g/mol. The van der Waals surface area contributed by atoms with Gasteiger partial charge >= 0.3 is 6.03 Å². The smallest absolute Gasteiger partial charge is 0.319 e. The Bertz CT molecular complexity index is 1220. The number of nitro groups is 1. The molecule has 1 atom stereocenters. The highest BCUT2D eigenvalue weighted by molar-refractivity contribution is 7.89. The molecule has 0 bridgehead atoms. The van der Waals surface area contributed by atoms with Crippen LogP contribution in [0.1, 0.15) is 18.1 Å². The lowest BCUT2D eigenvalue weighted by molar-refractivity contribution is -0.384. The van der Waals surface area contributed by atoms with E-state index in [0.717, 1.165) is 22.6 Å². The van der Waals surface area contributed by atoms with Crippen molar-refractivity contribution in [2.24, 2.45) is 0 Å². The molecule has 0 aliphatic carbocycles. The van der Waals surface area contributed by atoms with Crippen molar-refractivity contribution < 1.29 is 22.9 Å². The van der Waals surface area contributed by atoms with Crippen LogP contribution >= 0.6 is 0 Å². The van der Waals surface area contributed by atoms with E-state index >= 15 is 0 Å². The number of aryl methyl sites for hydroxylation is 1.